The number of nitrogens with zero attached hydrogens (tertiary/aromatic N) is 4. The molecule has 1 fully saturated rings. The Labute approximate surface area is 108 Å². The summed E-state index contributed by atoms with van der Waals surface area (Å²) >= 11 is 5.78. The highest BCUT2D eigenvalue weighted by Crippen LogP contribution is 2.31. The number of halogens is 1. The van der Waals surface area contributed by atoms with Gasteiger partial charge in [0.2, 0.25) is 5.28 Å². The maximum absolute atomic E-state index is 9.71. The van der Waals surface area contributed by atoms with Gasteiger partial charge in [-0.1, -0.05) is 0 Å². The maximum atomic E-state index is 9.71. The highest BCUT2D eigenvalue weighted by molar-refractivity contribution is 6.28. The Morgan fingerprint density at radius 1 is 1.56 bits per heavy atom. The molecule has 0 radical (unpaired) electrons. The van der Waals surface area contributed by atoms with E-state index in [1.165, 1.54) is 0 Å². The molecule has 0 aromatic carbocycles. The minimum Gasteiger partial charge on any atom is -0.390 e. The third-order valence-electron chi connectivity index (χ3n) is 3.09. The van der Waals surface area contributed by atoms with Gasteiger partial charge in [-0.2, -0.15) is 9.97 Å². The predicted octanol–water partition coefficient (Wildman–Crippen LogP) is 0.730. The Balaban J connectivity index is 2.08. The third-order valence-corrected chi connectivity index (χ3v) is 3.26. The van der Waals surface area contributed by atoms with Gasteiger partial charge in [0.05, 0.1) is 18.5 Å². The fourth-order valence-electron chi connectivity index (χ4n) is 2.09. The van der Waals surface area contributed by atoms with Crippen LogP contribution < -0.4 is 5.73 Å². The van der Waals surface area contributed by atoms with E-state index in [9.17, 15) is 5.11 Å². The standard InChI is InChI=1S/C10H12ClN5O2/c1-4-5(17)2-6(18-4)16-3-13-7-8(12)14-10(11)15-9(7)16/h3-6,17H,2H2,1H3,(H2,12,14,15)/t4-,5?,6-/m1/s1. The van der Waals surface area contributed by atoms with Crippen molar-refractivity contribution in [1.29, 1.82) is 0 Å². The monoisotopic (exact) mass is 269 g/mol. The minimum absolute atomic E-state index is 0.0633. The van der Waals surface area contributed by atoms with Gasteiger partial charge in [-0.05, 0) is 18.5 Å². The number of nitrogens with two attached hydrogens (primary N) is 1. The Morgan fingerprint density at radius 3 is 3.00 bits per heavy atom. The summed E-state index contributed by atoms with van der Waals surface area (Å²) in [4.78, 5) is 12.1. The van der Waals surface area contributed by atoms with Gasteiger partial charge < -0.3 is 15.6 Å². The van der Waals surface area contributed by atoms with Crippen LogP contribution in [0.25, 0.3) is 11.2 Å². The maximum Gasteiger partial charge on any atom is 0.226 e. The van der Waals surface area contributed by atoms with Crippen LogP contribution in [0.1, 0.15) is 19.6 Å². The number of hydrogen-bond donors (Lipinski definition) is 2. The smallest absolute Gasteiger partial charge is 0.226 e. The molecule has 0 saturated carbocycles. The molecule has 0 aliphatic carbocycles. The van der Waals surface area contributed by atoms with Gasteiger partial charge >= 0.3 is 0 Å². The Kier molecular flexibility index (Phi) is 2.61. The number of ether oxygens (including phenoxy) is 1. The molecule has 0 bridgehead atoms. The average molecular weight is 270 g/mol. The number of aliphatic hydroxyl groups excluding tert-OH is 1. The number of nitrogen functional groups attached to an aromatic ring is 1. The van der Waals surface area contributed by atoms with Gasteiger partial charge in [0.1, 0.15) is 11.7 Å². The van der Waals surface area contributed by atoms with Crippen molar-refractivity contribution in [3.05, 3.63) is 11.6 Å². The predicted molar refractivity (Wildman–Crippen MR) is 65.0 cm³/mol. The SMILES string of the molecule is C[C@H]1O[C@@H](n2cnc3c(N)nc(Cl)nc32)CC1O. The van der Waals surface area contributed by atoms with E-state index in [4.69, 9.17) is 22.1 Å². The molecule has 3 atom stereocenters. The summed E-state index contributed by atoms with van der Waals surface area (Å²) in [5.74, 6) is 0.232. The zero-order valence-corrected chi connectivity index (χ0v) is 10.4. The number of imidazole rings is 1. The number of anilines is 1. The van der Waals surface area contributed by atoms with Crippen LogP contribution in [0.2, 0.25) is 5.28 Å². The first-order valence-corrected chi connectivity index (χ1v) is 5.93. The summed E-state index contributed by atoms with van der Waals surface area (Å²) in [6, 6.07) is 0. The molecule has 1 saturated heterocycles. The lowest BCUT2D eigenvalue weighted by Gasteiger charge is -2.12. The molecule has 0 amide bonds. The number of hydrogen-bond acceptors (Lipinski definition) is 6. The second kappa shape index (κ2) is 4.04. The Hall–Kier alpha value is -1.44. The largest absolute Gasteiger partial charge is 0.390 e. The molecular formula is C10H12ClN5O2. The number of fused-ring (bicyclic) bond motifs is 1. The second-order valence-electron chi connectivity index (χ2n) is 4.30. The van der Waals surface area contributed by atoms with E-state index < -0.39 is 6.10 Å². The molecule has 96 valence electrons. The van der Waals surface area contributed by atoms with Gasteiger partial charge in [-0.3, -0.25) is 4.57 Å². The Bertz CT molecular complexity index is 591. The summed E-state index contributed by atoms with van der Waals surface area (Å²) < 4.78 is 7.35. The zero-order valence-electron chi connectivity index (χ0n) is 9.62. The van der Waals surface area contributed by atoms with E-state index in [0.29, 0.717) is 17.6 Å². The molecule has 3 N–H and O–H groups in total. The molecule has 2 aromatic rings. The number of rotatable bonds is 1. The van der Waals surface area contributed by atoms with Crippen LogP contribution >= 0.6 is 11.6 Å². The first-order valence-electron chi connectivity index (χ1n) is 5.55. The van der Waals surface area contributed by atoms with Crippen LogP contribution in [-0.4, -0.2) is 36.8 Å². The molecule has 7 nitrogen and oxygen atoms in total. The van der Waals surface area contributed by atoms with Crippen LogP contribution in [0.15, 0.2) is 6.33 Å². The van der Waals surface area contributed by atoms with Crippen LogP contribution in [0.3, 0.4) is 0 Å². The van der Waals surface area contributed by atoms with E-state index in [2.05, 4.69) is 15.0 Å². The second-order valence-corrected chi connectivity index (χ2v) is 4.64. The summed E-state index contributed by atoms with van der Waals surface area (Å²) in [6.07, 6.45) is 1.02. The molecule has 0 spiro atoms. The average Bonchev–Trinajstić information content (AvgIpc) is 2.83. The van der Waals surface area contributed by atoms with E-state index in [0.717, 1.165) is 0 Å². The molecule has 18 heavy (non-hydrogen) atoms. The lowest BCUT2D eigenvalue weighted by molar-refractivity contribution is -0.00632. The van der Waals surface area contributed by atoms with Gasteiger partial charge in [0.15, 0.2) is 11.5 Å². The lowest BCUT2D eigenvalue weighted by Crippen LogP contribution is -2.15. The molecule has 2 aromatic heterocycles. The quantitative estimate of drug-likeness (QED) is 0.741. The van der Waals surface area contributed by atoms with Crippen molar-refractivity contribution in [2.24, 2.45) is 0 Å². The van der Waals surface area contributed by atoms with E-state index in [1.54, 1.807) is 10.9 Å². The van der Waals surface area contributed by atoms with Crippen molar-refractivity contribution in [1.82, 2.24) is 19.5 Å². The fourth-order valence-corrected chi connectivity index (χ4v) is 2.26. The van der Waals surface area contributed by atoms with E-state index >= 15 is 0 Å². The first kappa shape index (κ1) is 11.6. The zero-order chi connectivity index (χ0) is 12.9. The van der Waals surface area contributed by atoms with Crippen LogP contribution in [0.4, 0.5) is 5.82 Å². The van der Waals surface area contributed by atoms with Crippen molar-refractivity contribution in [3.8, 4) is 0 Å². The molecule has 3 heterocycles. The topological polar surface area (TPSA) is 99.1 Å². The third kappa shape index (κ3) is 1.71. The van der Waals surface area contributed by atoms with Crippen LogP contribution in [-0.2, 0) is 4.74 Å². The van der Waals surface area contributed by atoms with Gasteiger partial charge in [0, 0.05) is 6.42 Å². The summed E-state index contributed by atoms with van der Waals surface area (Å²) in [5, 5.41) is 9.77. The van der Waals surface area contributed by atoms with Crippen molar-refractivity contribution in [3.63, 3.8) is 0 Å². The van der Waals surface area contributed by atoms with Crippen molar-refractivity contribution < 1.29 is 9.84 Å². The fraction of sp³-hybridized carbons (Fsp3) is 0.500. The van der Waals surface area contributed by atoms with Gasteiger partial charge in [-0.25, -0.2) is 4.98 Å². The summed E-state index contributed by atoms with van der Waals surface area (Å²) in [5.41, 5.74) is 6.72. The van der Waals surface area contributed by atoms with E-state index in [-0.39, 0.29) is 23.4 Å². The molecule has 1 unspecified atom stereocenters. The molecular weight excluding hydrogens is 258 g/mol. The highest BCUT2D eigenvalue weighted by atomic mass is 35.5. The van der Waals surface area contributed by atoms with Crippen molar-refractivity contribution in [2.75, 3.05) is 5.73 Å². The van der Waals surface area contributed by atoms with E-state index in [1.807, 2.05) is 6.92 Å². The minimum atomic E-state index is -0.498. The van der Waals surface area contributed by atoms with Gasteiger partial charge in [0.25, 0.3) is 0 Å². The molecule has 8 heteroatoms. The molecule has 1 aliphatic heterocycles. The van der Waals surface area contributed by atoms with Crippen molar-refractivity contribution >= 4 is 28.6 Å². The van der Waals surface area contributed by atoms with Crippen LogP contribution in [0.5, 0.6) is 0 Å². The van der Waals surface area contributed by atoms with Gasteiger partial charge in [-0.15, -0.1) is 0 Å². The molecule has 1 aliphatic rings. The highest BCUT2D eigenvalue weighted by Gasteiger charge is 2.32. The Morgan fingerprint density at radius 2 is 2.33 bits per heavy atom. The molecule has 3 rings (SSSR count). The lowest BCUT2D eigenvalue weighted by atomic mass is 10.2. The van der Waals surface area contributed by atoms with Crippen molar-refractivity contribution in [2.45, 2.75) is 31.8 Å². The number of aliphatic hydroxyl groups is 1. The number of aromatic nitrogens is 4. The summed E-state index contributed by atoms with van der Waals surface area (Å²) in [6.45, 7) is 1.82. The van der Waals surface area contributed by atoms with Crippen LogP contribution in [0, 0.1) is 0 Å². The normalized spacial score (nSPS) is 28.1. The summed E-state index contributed by atoms with van der Waals surface area (Å²) in [7, 11) is 0. The first-order chi connectivity index (χ1) is 8.56.